The summed E-state index contributed by atoms with van der Waals surface area (Å²) in [6.07, 6.45) is 2.00. The maximum absolute atomic E-state index is 6.48. The third-order valence-electron chi connectivity index (χ3n) is 5.96. The normalized spacial score (nSPS) is 20.1. The van der Waals surface area contributed by atoms with Crippen molar-refractivity contribution in [3.63, 3.8) is 0 Å². The Kier molecular flexibility index (Phi) is 5.54. The number of hydrogen-bond acceptors (Lipinski definition) is 5. The van der Waals surface area contributed by atoms with E-state index in [-0.39, 0.29) is 0 Å². The topological polar surface area (TPSA) is 53.7 Å². The van der Waals surface area contributed by atoms with E-state index in [1.807, 2.05) is 27.7 Å². The predicted octanol–water partition coefficient (Wildman–Crippen LogP) is 4.53. The van der Waals surface area contributed by atoms with Gasteiger partial charge in [0.25, 0.3) is 8.32 Å². The standard InChI is InChI=1S/C18H34BNO4Si/c1-12(2)25(13(3)4,14(5)6)22-16-20-11-15(21-16)19-23-17(7,8)18(9,10)24-19/h11-14H,1-10H3. The molecule has 7 heteroatoms. The Morgan fingerprint density at radius 2 is 1.36 bits per heavy atom. The first-order chi connectivity index (χ1) is 11.3. The van der Waals surface area contributed by atoms with Crippen molar-refractivity contribution in [3.05, 3.63) is 6.20 Å². The molecule has 0 radical (unpaired) electrons. The first-order valence-corrected chi connectivity index (χ1v) is 11.5. The minimum atomic E-state index is -2.09. The lowest BCUT2D eigenvalue weighted by Crippen LogP contribution is -2.50. The second-order valence-electron chi connectivity index (χ2n) is 9.04. The van der Waals surface area contributed by atoms with Gasteiger partial charge >= 0.3 is 13.2 Å². The van der Waals surface area contributed by atoms with Crippen LogP contribution in [-0.4, -0.2) is 31.6 Å². The monoisotopic (exact) mass is 367 g/mol. The lowest BCUT2D eigenvalue weighted by atomic mass is 9.87. The Labute approximate surface area is 154 Å². The van der Waals surface area contributed by atoms with E-state index < -0.39 is 26.6 Å². The smallest absolute Gasteiger partial charge is 0.503 e. The predicted molar refractivity (Wildman–Crippen MR) is 104 cm³/mol. The van der Waals surface area contributed by atoms with Crippen molar-refractivity contribution in [2.45, 2.75) is 97.1 Å². The molecule has 142 valence electrons. The molecule has 0 aromatic carbocycles. The van der Waals surface area contributed by atoms with E-state index in [1.54, 1.807) is 6.20 Å². The van der Waals surface area contributed by atoms with Crippen LogP contribution in [-0.2, 0) is 9.31 Å². The zero-order chi connectivity index (χ0) is 19.2. The van der Waals surface area contributed by atoms with Crippen LogP contribution in [0.5, 0.6) is 6.08 Å². The van der Waals surface area contributed by atoms with Crippen molar-refractivity contribution in [2.75, 3.05) is 0 Å². The Morgan fingerprint density at radius 1 is 0.920 bits per heavy atom. The molecule has 0 aliphatic carbocycles. The molecule has 1 saturated heterocycles. The average Bonchev–Trinajstić information content (AvgIpc) is 2.97. The summed E-state index contributed by atoms with van der Waals surface area (Å²) in [4.78, 5) is 4.37. The van der Waals surface area contributed by atoms with Crippen LogP contribution in [0.3, 0.4) is 0 Å². The van der Waals surface area contributed by atoms with E-state index in [2.05, 4.69) is 46.5 Å². The second-order valence-corrected chi connectivity index (χ2v) is 14.4. The van der Waals surface area contributed by atoms with E-state index in [0.717, 1.165) is 0 Å². The second kappa shape index (κ2) is 6.74. The Balaban J connectivity index is 2.24. The van der Waals surface area contributed by atoms with E-state index in [1.165, 1.54) is 0 Å². The highest BCUT2D eigenvalue weighted by Gasteiger charge is 2.54. The first-order valence-electron chi connectivity index (χ1n) is 9.34. The summed E-state index contributed by atoms with van der Waals surface area (Å²) in [5.41, 5.74) is 1.13. The lowest BCUT2D eigenvalue weighted by Gasteiger charge is -2.40. The summed E-state index contributed by atoms with van der Waals surface area (Å²) < 4.78 is 24.5. The van der Waals surface area contributed by atoms with Crippen LogP contribution in [0.4, 0.5) is 0 Å². The molecule has 0 N–H and O–H groups in total. The van der Waals surface area contributed by atoms with Gasteiger partial charge in [0.15, 0.2) is 5.66 Å². The van der Waals surface area contributed by atoms with Crippen LogP contribution in [0.1, 0.15) is 69.2 Å². The summed E-state index contributed by atoms with van der Waals surface area (Å²) in [5, 5.41) is 0. The molecule has 2 rings (SSSR count). The van der Waals surface area contributed by atoms with Gasteiger partial charge in [0.2, 0.25) is 0 Å². The van der Waals surface area contributed by atoms with Crippen molar-refractivity contribution in [1.29, 1.82) is 0 Å². The molecule has 5 nitrogen and oxygen atoms in total. The Hall–Kier alpha value is -0.788. The average molecular weight is 367 g/mol. The van der Waals surface area contributed by atoms with Crippen LogP contribution < -0.4 is 10.1 Å². The fraction of sp³-hybridized carbons (Fsp3) is 0.833. The van der Waals surface area contributed by atoms with E-state index in [4.69, 9.17) is 18.2 Å². The third kappa shape index (κ3) is 3.55. The van der Waals surface area contributed by atoms with Crippen molar-refractivity contribution in [1.82, 2.24) is 4.98 Å². The fourth-order valence-corrected chi connectivity index (χ4v) is 8.99. The molecule has 1 aromatic heterocycles. The number of hydrogen-bond donors (Lipinski definition) is 0. The van der Waals surface area contributed by atoms with Gasteiger partial charge in [-0.25, -0.2) is 0 Å². The Morgan fingerprint density at radius 3 is 1.76 bits per heavy atom. The van der Waals surface area contributed by atoms with Gasteiger partial charge in [0.1, 0.15) is 0 Å². The van der Waals surface area contributed by atoms with Gasteiger partial charge in [-0.2, -0.15) is 4.98 Å². The summed E-state index contributed by atoms with van der Waals surface area (Å²) in [5.74, 6) is 0. The molecule has 25 heavy (non-hydrogen) atoms. The molecule has 0 atom stereocenters. The molecule has 1 aromatic rings. The first kappa shape index (κ1) is 20.5. The molecule has 1 aliphatic heterocycles. The molecule has 0 unspecified atom stereocenters. The SMILES string of the molecule is CC(C)[Si](Oc1ncc(B2OC(C)(C)C(C)(C)O2)o1)(C(C)C)C(C)C. The minimum Gasteiger partial charge on any atom is -0.503 e. The highest BCUT2D eigenvalue weighted by Crippen LogP contribution is 2.42. The molecule has 0 bridgehead atoms. The summed E-state index contributed by atoms with van der Waals surface area (Å²) in [7, 11) is -2.64. The molecule has 1 fully saturated rings. The van der Waals surface area contributed by atoms with E-state index >= 15 is 0 Å². The Bertz CT molecular complexity index is 560. The maximum Gasteiger partial charge on any atom is 0.534 e. The van der Waals surface area contributed by atoms with Crippen molar-refractivity contribution >= 4 is 21.1 Å². The van der Waals surface area contributed by atoms with Gasteiger partial charge in [-0.05, 0) is 44.3 Å². The van der Waals surface area contributed by atoms with Gasteiger partial charge in [-0.15, -0.1) is 0 Å². The van der Waals surface area contributed by atoms with E-state index in [9.17, 15) is 0 Å². The van der Waals surface area contributed by atoms with Crippen LogP contribution in [0.25, 0.3) is 0 Å². The molecule has 2 heterocycles. The molecule has 0 saturated carbocycles. The van der Waals surface area contributed by atoms with Crippen LogP contribution >= 0.6 is 0 Å². The molecule has 0 spiro atoms. The van der Waals surface area contributed by atoms with Crippen molar-refractivity contribution in [2.24, 2.45) is 0 Å². The summed E-state index contributed by atoms with van der Waals surface area (Å²) >= 11 is 0. The molecule has 1 aliphatic rings. The van der Waals surface area contributed by atoms with Crippen LogP contribution in [0.2, 0.25) is 16.6 Å². The zero-order valence-corrected chi connectivity index (χ0v) is 18.5. The highest BCUT2D eigenvalue weighted by atomic mass is 28.4. The van der Waals surface area contributed by atoms with Gasteiger partial charge < -0.3 is 18.2 Å². The van der Waals surface area contributed by atoms with Crippen molar-refractivity contribution < 1.29 is 18.2 Å². The number of oxazole rings is 1. The zero-order valence-electron chi connectivity index (χ0n) is 17.5. The molecular weight excluding hydrogens is 333 g/mol. The van der Waals surface area contributed by atoms with Crippen LogP contribution in [0, 0.1) is 0 Å². The third-order valence-corrected chi connectivity index (χ3v) is 11.9. The summed E-state index contributed by atoms with van der Waals surface area (Å²) in [6.45, 7) is 21.5. The quantitative estimate of drug-likeness (QED) is 0.692. The number of rotatable bonds is 6. The minimum absolute atomic E-state index is 0.340. The van der Waals surface area contributed by atoms with Gasteiger partial charge in [-0.1, -0.05) is 41.5 Å². The molecule has 0 amide bonds. The summed E-state index contributed by atoms with van der Waals surface area (Å²) in [6, 6.07) is 0. The highest BCUT2D eigenvalue weighted by molar-refractivity contribution is 6.78. The van der Waals surface area contributed by atoms with Gasteiger partial charge in [0.05, 0.1) is 17.4 Å². The van der Waals surface area contributed by atoms with Gasteiger partial charge in [0, 0.05) is 0 Å². The maximum atomic E-state index is 6.48. The largest absolute Gasteiger partial charge is 0.534 e. The molecular formula is C18H34BNO4Si. The van der Waals surface area contributed by atoms with Crippen LogP contribution in [0.15, 0.2) is 10.6 Å². The van der Waals surface area contributed by atoms with E-state index in [0.29, 0.717) is 28.4 Å². The number of aromatic nitrogens is 1. The van der Waals surface area contributed by atoms with Gasteiger partial charge in [-0.3, -0.25) is 0 Å². The fourth-order valence-electron chi connectivity index (χ4n) is 3.89. The lowest BCUT2D eigenvalue weighted by molar-refractivity contribution is 0.00578. The number of nitrogens with zero attached hydrogens (tertiary/aromatic N) is 1. The van der Waals surface area contributed by atoms with Crippen molar-refractivity contribution in [3.8, 4) is 6.08 Å².